The number of aromatic nitrogens is 2. The fraction of sp³-hybridized carbons (Fsp3) is 0.200. The summed E-state index contributed by atoms with van der Waals surface area (Å²) in [6.45, 7) is 1.86. The number of ether oxygens (including phenoxy) is 1. The lowest BCUT2D eigenvalue weighted by atomic mass is 10.3. The van der Waals surface area contributed by atoms with Gasteiger partial charge >= 0.3 is 5.97 Å². The van der Waals surface area contributed by atoms with Crippen molar-refractivity contribution in [1.82, 2.24) is 9.97 Å². The fourth-order valence-electron chi connectivity index (χ4n) is 1.30. The largest absolute Gasteiger partial charge is 0.460 e. The molecule has 0 amide bonds. The number of carbonyl (C=O) groups excluding carboxylic acids is 1. The van der Waals surface area contributed by atoms with Gasteiger partial charge in [0.1, 0.15) is 0 Å². The SMILES string of the molecule is CCOC(=O)c1nc2cc(F)c(F)cc2[nH]1. The Morgan fingerprint density at radius 1 is 1.44 bits per heavy atom. The number of rotatable bonds is 2. The van der Waals surface area contributed by atoms with E-state index in [1.807, 2.05) is 0 Å². The third-order valence-corrected chi connectivity index (χ3v) is 1.99. The summed E-state index contributed by atoms with van der Waals surface area (Å²) in [5.41, 5.74) is 0.434. The maximum Gasteiger partial charge on any atom is 0.374 e. The Bertz CT molecular complexity index is 512. The molecule has 2 aromatic rings. The highest BCUT2D eigenvalue weighted by molar-refractivity contribution is 5.90. The van der Waals surface area contributed by atoms with Crippen molar-refractivity contribution in [3.05, 3.63) is 29.6 Å². The lowest BCUT2D eigenvalue weighted by Crippen LogP contribution is -2.06. The Morgan fingerprint density at radius 3 is 2.81 bits per heavy atom. The molecule has 0 aliphatic carbocycles. The van der Waals surface area contributed by atoms with Crippen molar-refractivity contribution in [3.63, 3.8) is 0 Å². The van der Waals surface area contributed by atoms with Crippen molar-refractivity contribution >= 4 is 17.0 Å². The third-order valence-electron chi connectivity index (χ3n) is 1.99. The number of nitrogens with one attached hydrogen (secondary N) is 1. The normalized spacial score (nSPS) is 10.7. The van der Waals surface area contributed by atoms with Crippen LogP contribution < -0.4 is 0 Å². The Kier molecular flexibility index (Phi) is 2.55. The predicted molar refractivity (Wildman–Crippen MR) is 52.0 cm³/mol. The molecule has 0 bridgehead atoms. The summed E-state index contributed by atoms with van der Waals surface area (Å²) in [4.78, 5) is 17.6. The van der Waals surface area contributed by atoms with Crippen molar-refractivity contribution < 1.29 is 18.3 Å². The van der Waals surface area contributed by atoms with E-state index in [1.54, 1.807) is 6.92 Å². The highest BCUT2D eigenvalue weighted by atomic mass is 19.2. The molecule has 0 spiro atoms. The number of hydrogen-bond acceptors (Lipinski definition) is 3. The molecule has 1 aromatic carbocycles. The maximum absolute atomic E-state index is 12.9. The first-order valence-corrected chi connectivity index (χ1v) is 4.63. The van der Waals surface area contributed by atoms with Crippen LogP contribution in [0.1, 0.15) is 17.5 Å². The third kappa shape index (κ3) is 1.73. The predicted octanol–water partition coefficient (Wildman–Crippen LogP) is 2.02. The molecule has 1 aromatic heterocycles. The Hall–Kier alpha value is -1.98. The molecule has 0 aliphatic rings. The van der Waals surface area contributed by atoms with Crippen LogP contribution in [-0.2, 0) is 4.74 Å². The lowest BCUT2D eigenvalue weighted by Gasteiger charge is -1.95. The molecular weight excluding hydrogens is 218 g/mol. The molecule has 2 rings (SSSR count). The summed E-state index contributed by atoms with van der Waals surface area (Å²) >= 11 is 0. The maximum atomic E-state index is 12.9. The number of imidazole rings is 1. The minimum Gasteiger partial charge on any atom is -0.460 e. The molecule has 0 aliphatic heterocycles. The molecular formula is C10H8F2N2O2. The molecule has 16 heavy (non-hydrogen) atoms. The molecule has 84 valence electrons. The monoisotopic (exact) mass is 226 g/mol. The highest BCUT2D eigenvalue weighted by Crippen LogP contribution is 2.16. The molecule has 4 nitrogen and oxygen atoms in total. The van der Waals surface area contributed by atoms with Crippen LogP contribution in [0.4, 0.5) is 8.78 Å². The molecule has 0 saturated carbocycles. The molecule has 1 N–H and O–H groups in total. The summed E-state index contributed by atoms with van der Waals surface area (Å²) in [6, 6.07) is 1.87. The van der Waals surface area contributed by atoms with E-state index in [1.165, 1.54) is 0 Å². The van der Waals surface area contributed by atoms with Crippen LogP contribution in [-0.4, -0.2) is 22.5 Å². The van der Waals surface area contributed by atoms with Gasteiger partial charge in [-0.3, -0.25) is 0 Å². The van der Waals surface area contributed by atoms with Gasteiger partial charge < -0.3 is 9.72 Å². The molecule has 6 heteroatoms. The second-order valence-corrected chi connectivity index (χ2v) is 3.09. The van der Waals surface area contributed by atoms with E-state index in [4.69, 9.17) is 4.74 Å². The fourth-order valence-corrected chi connectivity index (χ4v) is 1.30. The van der Waals surface area contributed by atoms with Crippen molar-refractivity contribution in [3.8, 4) is 0 Å². The zero-order chi connectivity index (χ0) is 11.7. The number of fused-ring (bicyclic) bond motifs is 1. The summed E-state index contributed by atoms with van der Waals surface area (Å²) in [5.74, 6) is -2.72. The second-order valence-electron chi connectivity index (χ2n) is 3.09. The average molecular weight is 226 g/mol. The number of esters is 1. The zero-order valence-electron chi connectivity index (χ0n) is 8.38. The van der Waals surface area contributed by atoms with Gasteiger partial charge in [0.2, 0.25) is 5.82 Å². The van der Waals surface area contributed by atoms with Crippen molar-refractivity contribution in [2.24, 2.45) is 0 Å². The number of aromatic amines is 1. The van der Waals surface area contributed by atoms with E-state index >= 15 is 0 Å². The zero-order valence-corrected chi connectivity index (χ0v) is 8.38. The summed E-state index contributed by atoms with van der Waals surface area (Å²) in [5, 5.41) is 0. The highest BCUT2D eigenvalue weighted by Gasteiger charge is 2.14. The van der Waals surface area contributed by atoms with Gasteiger partial charge in [-0.1, -0.05) is 0 Å². The van der Waals surface area contributed by atoms with E-state index in [-0.39, 0.29) is 23.5 Å². The van der Waals surface area contributed by atoms with Crippen LogP contribution in [0, 0.1) is 11.6 Å². The minimum atomic E-state index is -1.01. The van der Waals surface area contributed by atoms with Crippen LogP contribution >= 0.6 is 0 Å². The van der Waals surface area contributed by atoms with Crippen molar-refractivity contribution in [2.45, 2.75) is 6.92 Å². The van der Waals surface area contributed by atoms with Gasteiger partial charge in [-0.25, -0.2) is 18.6 Å². The van der Waals surface area contributed by atoms with Gasteiger partial charge in [-0.15, -0.1) is 0 Å². The first kappa shape index (κ1) is 10.5. The van der Waals surface area contributed by atoms with E-state index in [0.29, 0.717) is 0 Å². The Labute approximate surface area is 89.2 Å². The summed E-state index contributed by atoms with van der Waals surface area (Å²) in [6.07, 6.45) is 0. The smallest absolute Gasteiger partial charge is 0.374 e. The number of H-pyrrole nitrogens is 1. The summed E-state index contributed by atoms with van der Waals surface area (Å²) < 4.78 is 30.4. The first-order valence-electron chi connectivity index (χ1n) is 4.63. The number of halogens is 2. The van der Waals surface area contributed by atoms with E-state index in [2.05, 4.69) is 9.97 Å². The van der Waals surface area contributed by atoms with Gasteiger partial charge in [0, 0.05) is 12.1 Å². The number of carbonyl (C=O) groups is 1. The quantitative estimate of drug-likeness (QED) is 0.797. The van der Waals surface area contributed by atoms with Crippen LogP contribution in [0.25, 0.3) is 11.0 Å². The number of hydrogen-bond donors (Lipinski definition) is 1. The number of benzene rings is 1. The first-order chi connectivity index (χ1) is 7.61. The molecule has 0 fully saturated rings. The minimum absolute atomic E-state index is 0.0677. The van der Waals surface area contributed by atoms with Crippen molar-refractivity contribution in [2.75, 3.05) is 6.61 Å². The van der Waals surface area contributed by atoms with Crippen LogP contribution in [0.5, 0.6) is 0 Å². The second kappa shape index (κ2) is 3.88. The van der Waals surface area contributed by atoms with Gasteiger partial charge in [0.05, 0.1) is 17.6 Å². The average Bonchev–Trinajstić information content (AvgIpc) is 2.62. The Balaban J connectivity index is 2.48. The Morgan fingerprint density at radius 2 is 2.12 bits per heavy atom. The van der Waals surface area contributed by atoms with Gasteiger partial charge in [0.15, 0.2) is 11.6 Å². The molecule has 0 unspecified atom stereocenters. The van der Waals surface area contributed by atoms with E-state index in [0.717, 1.165) is 12.1 Å². The van der Waals surface area contributed by atoms with Crippen molar-refractivity contribution in [1.29, 1.82) is 0 Å². The molecule has 1 heterocycles. The van der Waals surface area contributed by atoms with E-state index < -0.39 is 17.6 Å². The molecule has 0 saturated heterocycles. The van der Waals surface area contributed by atoms with Gasteiger partial charge in [-0.2, -0.15) is 0 Å². The van der Waals surface area contributed by atoms with Crippen LogP contribution in [0.2, 0.25) is 0 Å². The van der Waals surface area contributed by atoms with Crippen LogP contribution in [0.3, 0.4) is 0 Å². The van der Waals surface area contributed by atoms with E-state index in [9.17, 15) is 13.6 Å². The molecule has 0 radical (unpaired) electrons. The number of nitrogens with zero attached hydrogens (tertiary/aromatic N) is 1. The van der Waals surface area contributed by atoms with Gasteiger partial charge in [0.25, 0.3) is 0 Å². The standard InChI is InChI=1S/C10H8F2N2O2/c1-2-16-10(15)9-13-7-3-5(11)6(12)4-8(7)14-9/h3-4H,2H2,1H3,(H,13,14). The topological polar surface area (TPSA) is 55.0 Å². The van der Waals surface area contributed by atoms with Crippen LogP contribution in [0.15, 0.2) is 12.1 Å². The van der Waals surface area contributed by atoms with Gasteiger partial charge in [-0.05, 0) is 6.92 Å². The lowest BCUT2D eigenvalue weighted by molar-refractivity contribution is 0.0514. The molecule has 0 atom stereocenters. The summed E-state index contributed by atoms with van der Waals surface area (Å²) in [7, 11) is 0.